The van der Waals surface area contributed by atoms with E-state index < -0.39 is 5.97 Å². The van der Waals surface area contributed by atoms with Gasteiger partial charge in [0.05, 0.1) is 24.3 Å². The molecule has 4 nitrogen and oxygen atoms in total. The quantitative estimate of drug-likeness (QED) is 0.712. The summed E-state index contributed by atoms with van der Waals surface area (Å²) < 4.78 is 16.4. The lowest BCUT2D eigenvalue weighted by Gasteiger charge is -2.14. The zero-order valence-corrected chi connectivity index (χ0v) is 14.4. The van der Waals surface area contributed by atoms with E-state index in [1.54, 1.807) is 24.3 Å². The van der Waals surface area contributed by atoms with Gasteiger partial charge in [0.2, 0.25) is 0 Å². The number of ether oxygens (including phenoxy) is 3. The predicted octanol–water partition coefficient (Wildman–Crippen LogP) is 4.48. The number of rotatable bonds is 5. The van der Waals surface area contributed by atoms with Crippen LogP contribution in [0.3, 0.4) is 0 Å². The van der Waals surface area contributed by atoms with Crippen LogP contribution in [0.2, 0.25) is 5.02 Å². The summed E-state index contributed by atoms with van der Waals surface area (Å²) in [6.07, 6.45) is 0. The van der Waals surface area contributed by atoms with E-state index >= 15 is 0 Å². The molecule has 0 aliphatic carbocycles. The van der Waals surface area contributed by atoms with Gasteiger partial charge < -0.3 is 14.2 Å². The topological polar surface area (TPSA) is 44.8 Å². The van der Waals surface area contributed by atoms with Crippen molar-refractivity contribution in [1.82, 2.24) is 0 Å². The highest BCUT2D eigenvalue weighted by Gasteiger charge is 2.16. The summed E-state index contributed by atoms with van der Waals surface area (Å²) in [5.41, 5.74) is 1.35. The first kappa shape index (κ1) is 16.6. The third-order valence-corrected chi connectivity index (χ3v) is 3.79. The maximum Gasteiger partial charge on any atom is 0.338 e. The summed E-state index contributed by atoms with van der Waals surface area (Å²) in [7, 11) is 2.84. The molecule has 0 aliphatic rings. The van der Waals surface area contributed by atoms with Crippen molar-refractivity contribution < 1.29 is 19.0 Å². The van der Waals surface area contributed by atoms with E-state index in [4.69, 9.17) is 25.8 Å². The fourth-order valence-electron chi connectivity index (χ4n) is 1.83. The summed E-state index contributed by atoms with van der Waals surface area (Å²) >= 11 is 9.24. The van der Waals surface area contributed by atoms with E-state index in [1.165, 1.54) is 14.2 Å². The Bertz CT molecular complexity index is 671. The standard InChI is InChI=1S/C16H14BrClO4/c1-20-14-8-11(16(19)21-2)7-13(17)15(14)22-9-10-3-5-12(18)6-4-10/h3-8H,9H2,1-2H3. The molecule has 0 fully saturated rings. The zero-order chi connectivity index (χ0) is 16.1. The van der Waals surface area contributed by atoms with E-state index in [1.807, 2.05) is 12.1 Å². The van der Waals surface area contributed by atoms with Crippen molar-refractivity contribution in [2.75, 3.05) is 14.2 Å². The van der Waals surface area contributed by atoms with Crippen molar-refractivity contribution in [2.24, 2.45) is 0 Å². The van der Waals surface area contributed by atoms with Gasteiger partial charge in [0.25, 0.3) is 0 Å². The maximum atomic E-state index is 11.6. The molecule has 0 amide bonds. The van der Waals surface area contributed by atoms with Crippen LogP contribution in [-0.2, 0) is 11.3 Å². The van der Waals surface area contributed by atoms with Gasteiger partial charge in [-0.15, -0.1) is 0 Å². The minimum absolute atomic E-state index is 0.351. The first-order chi connectivity index (χ1) is 10.5. The fraction of sp³-hybridized carbons (Fsp3) is 0.188. The summed E-state index contributed by atoms with van der Waals surface area (Å²) in [6.45, 7) is 0.351. The van der Waals surface area contributed by atoms with Gasteiger partial charge in [0.1, 0.15) is 6.61 Å². The van der Waals surface area contributed by atoms with Crippen LogP contribution in [0.25, 0.3) is 0 Å². The lowest BCUT2D eigenvalue weighted by Crippen LogP contribution is -2.04. The largest absolute Gasteiger partial charge is 0.493 e. The van der Waals surface area contributed by atoms with Gasteiger partial charge in [-0.3, -0.25) is 0 Å². The number of methoxy groups -OCH3 is 2. The van der Waals surface area contributed by atoms with Crippen LogP contribution in [0, 0.1) is 0 Å². The van der Waals surface area contributed by atoms with Crippen molar-refractivity contribution in [1.29, 1.82) is 0 Å². The average molecular weight is 386 g/mol. The predicted molar refractivity (Wildman–Crippen MR) is 87.8 cm³/mol. The molecule has 22 heavy (non-hydrogen) atoms. The number of halogens is 2. The molecular weight excluding hydrogens is 372 g/mol. The second-order valence-electron chi connectivity index (χ2n) is 4.40. The zero-order valence-electron chi connectivity index (χ0n) is 12.1. The SMILES string of the molecule is COC(=O)c1cc(Br)c(OCc2ccc(Cl)cc2)c(OC)c1. The molecule has 0 aliphatic heterocycles. The van der Waals surface area contributed by atoms with Gasteiger partial charge in [-0.25, -0.2) is 4.79 Å². The Hall–Kier alpha value is -1.72. The third-order valence-electron chi connectivity index (χ3n) is 2.95. The highest BCUT2D eigenvalue weighted by atomic mass is 79.9. The minimum atomic E-state index is -0.441. The van der Waals surface area contributed by atoms with E-state index in [2.05, 4.69) is 15.9 Å². The molecule has 2 rings (SSSR count). The molecule has 0 bridgehead atoms. The van der Waals surface area contributed by atoms with Crippen LogP contribution in [0.5, 0.6) is 11.5 Å². The van der Waals surface area contributed by atoms with Crippen LogP contribution in [-0.4, -0.2) is 20.2 Å². The molecule has 116 valence electrons. The first-order valence-corrected chi connectivity index (χ1v) is 7.55. The smallest absolute Gasteiger partial charge is 0.338 e. The molecule has 0 radical (unpaired) electrons. The molecule has 0 spiro atoms. The number of carbonyl (C=O) groups excluding carboxylic acids is 1. The maximum absolute atomic E-state index is 11.6. The lowest BCUT2D eigenvalue weighted by atomic mass is 10.2. The van der Waals surface area contributed by atoms with E-state index in [9.17, 15) is 4.79 Å². The molecule has 0 aromatic heterocycles. The lowest BCUT2D eigenvalue weighted by molar-refractivity contribution is 0.0600. The molecule has 6 heteroatoms. The van der Waals surface area contributed by atoms with E-state index in [0.29, 0.717) is 33.2 Å². The average Bonchev–Trinajstić information content (AvgIpc) is 2.53. The van der Waals surface area contributed by atoms with Gasteiger partial charge >= 0.3 is 5.97 Å². The van der Waals surface area contributed by atoms with Crippen LogP contribution in [0.4, 0.5) is 0 Å². The Labute approximate surface area is 142 Å². The molecule has 0 heterocycles. The fourth-order valence-corrected chi connectivity index (χ4v) is 2.51. The molecule has 0 unspecified atom stereocenters. The first-order valence-electron chi connectivity index (χ1n) is 6.38. The van der Waals surface area contributed by atoms with Crippen molar-refractivity contribution >= 4 is 33.5 Å². The van der Waals surface area contributed by atoms with E-state index in [-0.39, 0.29) is 0 Å². The molecule has 0 atom stereocenters. The summed E-state index contributed by atoms with van der Waals surface area (Å²) in [4.78, 5) is 11.6. The molecule has 0 N–H and O–H groups in total. The van der Waals surface area contributed by atoms with Crippen LogP contribution in [0.15, 0.2) is 40.9 Å². The van der Waals surface area contributed by atoms with Gasteiger partial charge in [-0.05, 0) is 45.8 Å². The summed E-state index contributed by atoms with van der Waals surface area (Å²) in [6, 6.07) is 10.6. The number of hydrogen-bond donors (Lipinski definition) is 0. The Balaban J connectivity index is 2.23. The van der Waals surface area contributed by atoms with Gasteiger partial charge in [0.15, 0.2) is 11.5 Å². The number of carbonyl (C=O) groups is 1. The Morgan fingerprint density at radius 2 is 1.86 bits per heavy atom. The van der Waals surface area contributed by atoms with Gasteiger partial charge in [-0.1, -0.05) is 23.7 Å². The number of hydrogen-bond acceptors (Lipinski definition) is 4. The second kappa shape index (κ2) is 7.51. The van der Waals surface area contributed by atoms with Crippen molar-refractivity contribution in [3.63, 3.8) is 0 Å². The summed E-state index contributed by atoms with van der Waals surface area (Å²) in [5, 5.41) is 0.671. The number of esters is 1. The normalized spacial score (nSPS) is 10.2. The third kappa shape index (κ3) is 3.93. The van der Waals surface area contributed by atoms with Crippen LogP contribution >= 0.6 is 27.5 Å². The van der Waals surface area contributed by atoms with Crippen molar-refractivity contribution in [3.05, 3.63) is 57.0 Å². The van der Waals surface area contributed by atoms with Crippen molar-refractivity contribution in [3.8, 4) is 11.5 Å². The molecular formula is C16H14BrClO4. The number of benzene rings is 2. The second-order valence-corrected chi connectivity index (χ2v) is 5.69. The van der Waals surface area contributed by atoms with Gasteiger partial charge in [-0.2, -0.15) is 0 Å². The van der Waals surface area contributed by atoms with Crippen molar-refractivity contribution in [2.45, 2.75) is 6.61 Å². The molecule has 2 aromatic rings. The monoisotopic (exact) mass is 384 g/mol. The Morgan fingerprint density at radius 1 is 1.18 bits per heavy atom. The molecule has 0 saturated carbocycles. The highest BCUT2D eigenvalue weighted by molar-refractivity contribution is 9.10. The minimum Gasteiger partial charge on any atom is -0.493 e. The molecule has 0 saturated heterocycles. The van der Waals surface area contributed by atoms with Crippen LogP contribution in [0.1, 0.15) is 15.9 Å². The molecule has 2 aromatic carbocycles. The van der Waals surface area contributed by atoms with E-state index in [0.717, 1.165) is 5.56 Å². The summed E-state index contributed by atoms with van der Waals surface area (Å²) in [5.74, 6) is 0.525. The Morgan fingerprint density at radius 3 is 2.45 bits per heavy atom. The van der Waals surface area contributed by atoms with Gasteiger partial charge in [0, 0.05) is 5.02 Å². The van der Waals surface area contributed by atoms with Crippen LogP contribution < -0.4 is 9.47 Å². The highest BCUT2D eigenvalue weighted by Crippen LogP contribution is 2.37. The Kier molecular flexibility index (Phi) is 5.69.